The molecule has 74 valence electrons. The van der Waals surface area contributed by atoms with E-state index in [1.807, 2.05) is 0 Å². The van der Waals surface area contributed by atoms with Crippen LogP contribution in [0.1, 0.15) is 60.3 Å². The van der Waals surface area contributed by atoms with Crippen molar-refractivity contribution in [2.24, 2.45) is 17.8 Å². The average Bonchev–Trinajstić information content (AvgIpc) is 2.05. The maximum atomic E-state index is 2.42. The number of rotatable bonds is 2. The Labute approximate surface area is 78.8 Å². The Morgan fingerprint density at radius 1 is 1.17 bits per heavy atom. The highest BCUT2D eigenvalue weighted by atomic mass is 14.3. The lowest BCUT2D eigenvalue weighted by molar-refractivity contribution is 0.219. The Balaban J connectivity index is 0.00000121. The van der Waals surface area contributed by atoms with Crippen molar-refractivity contribution in [3.63, 3.8) is 0 Å². The summed E-state index contributed by atoms with van der Waals surface area (Å²) in [5, 5.41) is 0. The summed E-state index contributed by atoms with van der Waals surface area (Å²) in [7, 11) is 0. The van der Waals surface area contributed by atoms with Gasteiger partial charge in [0.1, 0.15) is 0 Å². The molecule has 0 spiro atoms. The molecule has 0 aromatic carbocycles. The minimum atomic E-state index is 0. The summed E-state index contributed by atoms with van der Waals surface area (Å²) in [6, 6.07) is 0. The van der Waals surface area contributed by atoms with E-state index in [0.717, 1.165) is 17.8 Å². The molecular weight excluding hydrogens is 144 g/mol. The smallest absolute Gasteiger partial charge is 0.0388 e. The summed E-state index contributed by atoms with van der Waals surface area (Å²) in [5.41, 5.74) is 0. The van der Waals surface area contributed by atoms with Gasteiger partial charge < -0.3 is 0 Å². The highest BCUT2D eigenvalue weighted by molar-refractivity contribution is 4.73. The van der Waals surface area contributed by atoms with Crippen molar-refractivity contribution < 1.29 is 0 Å². The number of hydrogen-bond donors (Lipinski definition) is 0. The van der Waals surface area contributed by atoms with Gasteiger partial charge in [-0.3, -0.25) is 0 Å². The molecule has 1 saturated carbocycles. The lowest BCUT2D eigenvalue weighted by Crippen LogP contribution is -2.18. The molecule has 0 radical (unpaired) electrons. The van der Waals surface area contributed by atoms with Gasteiger partial charge in [-0.15, -0.1) is 0 Å². The first-order valence-corrected chi connectivity index (χ1v) is 5.24. The van der Waals surface area contributed by atoms with Crippen molar-refractivity contribution in [2.75, 3.05) is 0 Å². The van der Waals surface area contributed by atoms with Gasteiger partial charge in [-0.05, 0) is 30.6 Å². The van der Waals surface area contributed by atoms with Crippen molar-refractivity contribution in [2.45, 2.75) is 60.3 Å². The Morgan fingerprint density at radius 3 is 2.08 bits per heavy atom. The summed E-state index contributed by atoms with van der Waals surface area (Å²) in [5.74, 6) is 3.04. The third-order valence-electron chi connectivity index (χ3n) is 3.51. The van der Waals surface area contributed by atoms with Crippen molar-refractivity contribution in [3.8, 4) is 0 Å². The van der Waals surface area contributed by atoms with Crippen LogP contribution in [0.25, 0.3) is 0 Å². The highest BCUT2D eigenvalue weighted by Gasteiger charge is 2.21. The topological polar surface area (TPSA) is 0 Å². The summed E-state index contributed by atoms with van der Waals surface area (Å²) in [6.07, 6.45) is 7.33. The maximum absolute atomic E-state index is 2.42. The molecule has 0 aliphatic heterocycles. The van der Waals surface area contributed by atoms with E-state index < -0.39 is 0 Å². The van der Waals surface area contributed by atoms with Crippen molar-refractivity contribution in [3.05, 3.63) is 0 Å². The Kier molecular flexibility index (Phi) is 5.61. The third-order valence-corrected chi connectivity index (χ3v) is 3.51. The molecule has 1 unspecified atom stereocenters. The van der Waals surface area contributed by atoms with E-state index in [9.17, 15) is 0 Å². The first-order valence-electron chi connectivity index (χ1n) is 5.24. The summed E-state index contributed by atoms with van der Waals surface area (Å²) in [6.45, 7) is 7.14. The summed E-state index contributed by atoms with van der Waals surface area (Å²) in [4.78, 5) is 0. The second-order valence-corrected chi connectivity index (χ2v) is 4.41. The fourth-order valence-corrected chi connectivity index (χ4v) is 2.19. The van der Waals surface area contributed by atoms with Gasteiger partial charge in [0.05, 0.1) is 0 Å². The molecule has 1 aliphatic rings. The first kappa shape index (κ1) is 12.0. The van der Waals surface area contributed by atoms with Crippen LogP contribution in [0.5, 0.6) is 0 Å². The lowest BCUT2D eigenvalue weighted by Gasteiger charge is -2.30. The molecule has 0 heteroatoms. The van der Waals surface area contributed by atoms with E-state index in [0.29, 0.717) is 0 Å². The van der Waals surface area contributed by atoms with E-state index in [-0.39, 0.29) is 7.43 Å². The molecule has 1 fully saturated rings. The zero-order chi connectivity index (χ0) is 8.27. The van der Waals surface area contributed by atoms with Crippen LogP contribution in [0.4, 0.5) is 0 Å². The molecule has 0 aromatic rings. The lowest BCUT2D eigenvalue weighted by atomic mass is 9.76. The van der Waals surface area contributed by atoms with E-state index in [1.54, 1.807) is 0 Å². The fraction of sp³-hybridized carbons (Fsp3) is 1.00. The molecule has 1 rings (SSSR count). The second kappa shape index (κ2) is 5.61. The van der Waals surface area contributed by atoms with Crippen molar-refractivity contribution >= 4 is 0 Å². The van der Waals surface area contributed by atoms with Crippen LogP contribution in [0, 0.1) is 17.8 Å². The summed E-state index contributed by atoms with van der Waals surface area (Å²) < 4.78 is 0. The predicted molar refractivity (Wildman–Crippen MR) is 57.3 cm³/mol. The molecule has 12 heavy (non-hydrogen) atoms. The standard InChI is InChI=1S/C11H22.CH4/c1-4-10(3)11-7-5-9(2)6-8-11;/h9-11H,4-8H2,1-3H3;1H4. The predicted octanol–water partition coefficient (Wildman–Crippen LogP) is 4.49. The third kappa shape index (κ3) is 3.16. The van der Waals surface area contributed by atoms with Crippen LogP contribution >= 0.6 is 0 Å². The minimum Gasteiger partial charge on any atom is -0.0776 e. The van der Waals surface area contributed by atoms with Crippen LogP contribution in [0.3, 0.4) is 0 Å². The van der Waals surface area contributed by atoms with Crippen LogP contribution in [-0.2, 0) is 0 Å². The summed E-state index contributed by atoms with van der Waals surface area (Å²) >= 11 is 0. The van der Waals surface area contributed by atoms with Gasteiger partial charge >= 0.3 is 0 Å². The monoisotopic (exact) mass is 170 g/mol. The molecule has 1 atom stereocenters. The Hall–Kier alpha value is 0. The Bertz CT molecular complexity index is 98.6. The molecule has 0 aromatic heterocycles. The SMILES string of the molecule is C.CCC(C)C1CCC(C)CC1. The highest BCUT2D eigenvalue weighted by Crippen LogP contribution is 2.33. The molecule has 0 heterocycles. The zero-order valence-corrected chi connectivity index (χ0v) is 8.27. The van der Waals surface area contributed by atoms with Crippen molar-refractivity contribution in [1.29, 1.82) is 0 Å². The minimum absolute atomic E-state index is 0. The molecular formula is C12H26. The fourth-order valence-electron chi connectivity index (χ4n) is 2.19. The van der Waals surface area contributed by atoms with Gasteiger partial charge in [-0.2, -0.15) is 0 Å². The molecule has 0 amide bonds. The van der Waals surface area contributed by atoms with Gasteiger partial charge in [0, 0.05) is 0 Å². The quantitative estimate of drug-likeness (QED) is 0.572. The molecule has 1 aliphatic carbocycles. The molecule has 0 saturated heterocycles. The average molecular weight is 170 g/mol. The van der Waals surface area contributed by atoms with Crippen LogP contribution in [0.2, 0.25) is 0 Å². The van der Waals surface area contributed by atoms with E-state index in [2.05, 4.69) is 20.8 Å². The van der Waals surface area contributed by atoms with Crippen LogP contribution in [0.15, 0.2) is 0 Å². The second-order valence-electron chi connectivity index (χ2n) is 4.41. The van der Waals surface area contributed by atoms with Gasteiger partial charge in [-0.25, -0.2) is 0 Å². The molecule has 0 N–H and O–H groups in total. The van der Waals surface area contributed by atoms with Gasteiger partial charge in [-0.1, -0.05) is 47.5 Å². The largest absolute Gasteiger partial charge is 0.0776 e. The maximum Gasteiger partial charge on any atom is -0.0388 e. The molecule has 0 bridgehead atoms. The van der Waals surface area contributed by atoms with E-state index >= 15 is 0 Å². The van der Waals surface area contributed by atoms with Gasteiger partial charge in [0.15, 0.2) is 0 Å². The Morgan fingerprint density at radius 2 is 1.67 bits per heavy atom. The van der Waals surface area contributed by atoms with Gasteiger partial charge in [0.2, 0.25) is 0 Å². The normalized spacial score (nSPS) is 32.2. The van der Waals surface area contributed by atoms with Crippen LogP contribution in [-0.4, -0.2) is 0 Å². The molecule has 0 nitrogen and oxygen atoms in total. The number of hydrogen-bond acceptors (Lipinski definition) is 0. The first-order chi connectivity index (χ1) is 5.24. The van der Waals surface area contributed by atoms with Crippen LogP contribution < -0.4 is 0 Å². The van der Waals surface area contributed by atoms with E-state index in [4.69, 9.17) is 0 Å². The van der Waals surface area contributed by atoms with E-state index in [1.165, 1.54) is 32.1 Å². The van der Waals surface area contributed by atoms with Gasteiger partial charge in [0.25, 0.3) is 0 Å². The van der Waals surface area contributed by atoms with Crippen molar-refractivity contribution in [1.82, 2.24) is 0 Å². The zero-order valence-electron chi connectivity index (χ0n) is 8.27.